The van der Waals surface area contributed by atoms with Gasteiger partial charge in [-0.1, -0.05) is 6.92 Å². The highest BCUT2D eigenvalue weighted by Gasteiger charge is 2.37. The molecule has 0 spiro atoms. The van der Waals surface area contributed by atoms with Crippen LogP contribution in [0.25, 0.3) is 0 Å². The molecular weight excluding hydrogens is 298 g/mol. The molecule has 118 valence electrons. The summed E-state index contributed by atoms with van der Waals surface area (Å²) < 4.78 is 37.5. The molecule has 21 heavy (non-hydrogen) atoms. The molecule has 0 bridgehead atoms. The van der Waals surface area contributed by atoms with Crippen molar-refractivity contribution in [3.63, 3.8) is 0 Å². The van der Waals surface area contributed by atoms with Gasteiger partial charge in [0.25, 0.3) is 0 Å². The largest absolute Gasteiger partial charge is 0.478 e. The average molecular weight is 317 g/mol. The molecule has 1 aromatic heterocycles. The molecule has 1 aliphatic rings. The van der Waals surface area contributed by atoms with Crippen molar-refractivity contribution in [1.29, 1.82) is 0 Å². The van der Waals surface area contributed by atoms with Crippen LogP contribution in [0.15, 0.2) is 9.31 Å². The predicted molar refractivity (Wildman–Crippen MR) is 73.9 cm³/mol. The summed E-state index contributed by atoms with van der Waals surface area (Å²) in [6.45, 7) is 5.56. The number of nitrogens with zero attached hydrogens (tertiary/aromatic N) is 1. The van der Waals surface area contributed by atoms with Gasteiger partial charge in [0.15, 0.2) is 0 Å². The highest BCUT2D eigenvalue weighted by Crippen LogP contribution is 2.30. The lowest BCUT2D eigenvalue weighted by Gasteiger charge is -2.31. The van der Waals surface area contributed by atoms with Crippen LogP contribution in [0, 0.1) is 13.8 Å². The van der Waals surface area contributed by atoms with Crippen molar-refractivity contribution in [2.45, 2.75) is 38.2 Å². The van der Waals surface area contributed by atoms with Crippen LogP contribution >= 0.6 is 0 Å². The summed E-state index contributed by atoms with van der Waals surface area (Å²) in [6.07, 6.45) is 0.524. The highest BCUT2D eigenvalue weighted by atomic mass is 32.2. The Morgan fingerprint density at radius 1 is 1.38 bits per heavy atom. The van der Waals surface area contributed by atoms with E-state index in [2.05, 4.69) is 0 Å². The molecule has 0 amide bonds. The van der Waals surface area contributed by atoms with Crippen LogP contribution in [0.1, 0.15) is 35.2 Å². The van der Waals surface area contributed by atoms with E-state index in [1.54, 1.807) is 0 Å². The number of morpholine rings is 1. The molecule has 0 saturated carbocycles. The third kappa shape index (κ3) is 2.83. The molecule has 2 heterocycles. The second-order valence-corrected chi connectivity index (χ2v) is 6.86. The van der Waals surface area contributed by atoms with E-state index >= 15 is 0 Å². The fourth-order valence-electron chi connectivity index (χ4n) is 2.51. The molecule has 1 atom stereocenters. The molecule has 1 unspecified atom stereocenters. The van der Waals surface area contributed by atoms with Crippen LogP contribution in [-0.2, 0) is 14.8 Å². The minimum Gasteiger partial charge on any atom is -0.478 e. The Morgan fingerprint density at radius 3 is 2.62 bits per heavy atom. The van der Waals surface area contributed by atoms with Crippen LogP contribution in [0.3, 0.4) is 0 Å². The molecule has 1 aliphatic heterocycles. The Hall–Kier alpha value is -1.38. The van der Waals surface area contributed by atoms with Gasteiger partial charge in [-0.25, -0.2) is 13.2 Å². The maximum absolute atomic E-state index is 12.8. The lowest BCUT2D eigenvalue weighted by molar-refractivity contribution is -0.00281. The molecule has 0 aliphatic carbocycles. The third-order valence-electron chi connectivity index (χ3n) is 3.57. The van der Waals surface area contributed by atoms with Gasteiger partial charge in [-0.05, 0) is 20.3 Å². The summed E-state index contributed by atoms with van der Waals surface area (Å²) in [7, 11) is -3.91. The SMILES string of the molecule is CCC1CN(S(=O)(=O)c2c(C)oc(C)c2C(=O)O)CCO1. The van der Waals surface area contributed by atoms with Crippen molar-refractivity contribution in [3.8, 4) is 0 Å². The first-order chi connectivity index (χ1) is 9.78. The number of aromatic carboxylic acids is 1. The Bertz CT molecular complexity index is 648. The molecule has 1 saturated heterocycles. The zero-order valence-corrected chi connectivity index (χ0v) is 13.1. The van der Waals surface area contributed by atoms with E-state index in [1.807, 2.05) is 6.92 Å². The van der Waals surface area contributed by atoms with E-state index in [-0.39, 0.29) is 41.2 Å². The molecule has 0 radical (unpaired) electrons. The van der Waals surface area contributed by atoms with E-state index in [9.17, 15) is 18.3 Å². The molecular formula is C13H19NO6S. The lowest BCUT2D eigenvalue weighted by atomic mass is 10.2. The molecule has 1 N–H and O–H groups in total. The number of ether oxygens (including phenoxy) is 1. The number of rotatable bonds is 4. The van der Waals surface area contributed by atoms with Crippen molar-refractivity contribution >= 4 is 16.0 Å². The summed E-state index contributed by atoms with van der Waals surface area (Å²) in [5.41, 5.74) is -0.285. The third-order valence-corrected chi connectivity index (χ3v) is 5.59. The van der Waals surface area contributed by atoms with Gasteiger partial charge in [0.05, 0.1) is 12.7 Å². The number of hydrogen-bond acceptors (Lipinski definition) is 5. The number of carbonyl (C=O) groups is 1. The van der Waals surface area contributed by atoms with Crippen LogP contribution in [-0.4, -0.2) is 49.6 Å². The van der Waals surface area contributed by atoms with Gasteiger partial charge in [0.1, 0.15) is 22.0 Å². The number of sulfonamides is 1. The van der Waals surface area contributed by atoms with Gasteiger partial charge in [-0.15, -0.1) is 0 Å². The Kier molecular flexibility index (Phi) is 4.40. The first-order valence-corrected chi connectivity index (χ1v) is 8.18. The van der Waals surface area contributed by atoms with Crippen molar-refractivity contribution < 1.29 is 27.5 Å². The maximum Gasteiger partial charge on any atom is 0.340 e. The normalized spacial score (nSPS) is 20.6. The van der Waals surface area contributed by atoms with Crippen LogP contribution in [0.2, 0.25) is 0 Å². The standard InChI is InChI=1S/C13H19NO6S/c1-4-10-7-14(5-6-19-10)21(17,18)12-9(3)20-8(2)11(12)13(15)16/h10H,4-7H2,1-3H3,(H,15,16). The monoisotopic (exact) mass is 317 g/mol. The number of hydrogen-bond donors (Lipinski definition) is 1. The Balaban J connectivity index is 2.47. The zero-order chi connectivity index (χ0) is 15.8. The van der Waals surface area contributed by atoms with Gasteiger partial charge < -0.3 is 14.3 Å². The quantitative estimate of drug-likeness (QED) is 0.901. The van der Waals surface area contributed by atoms with Crippen LogP contribution in [0.5, 0.6) is 0 Å². The van der Waals surface area contributed by atoms with E-state index in [4.69, 9.17) is 9.15 Å². The molecule has 8 heteroatoms. The smallest absolute Gasteiger partial charge is 0.340 e. The predicted octanol–water partition coefficient (Wildman–Crippen LogP) is 1.39. The van der Waals surface area contributed by atoms with E-state index < -0.39 is 16.0 Å². The Labute approximate surface area is 123 Å². The Morgan fingerprint density at radius 2 is 2.05 bits per heavy atom. The summed E-state index contributed by atoms with van der Waals surface area (Å²) in [5, 5.41) is 9.25. The fourth-order valence-corrected chi connectivity index (χ4v) is 4.34. The number of carboxylic acids is 1. The molecule has 1 aromatic rings. The second-order valence-electron chi connectivity index (χ2n) is 4.99. The summed E-state index contributed by atoms with van der Waals surface area (Å²) >= 11 is 0. The van der Waals surface area contributed by atoms with Crippen molar-refractivity contribution in [2.24, 2.45) is 0 Å². The van der Waals surface area contributed by atoms with Crippen LogP contribution in [0.4, 0.5) is 0 Å². The average Bonchev–Trinajstić information content (AvgIpc) is 2.74. The topological polar surface area (TPSA) is 97.1 Å². The van der Waals surface area contributed by atoms with Crippen LogP contribution < -0.4 is 0 Å². The molecule has 7 nitrogen and oxygen atoms in total. The minimum absolute atomic E-state index is 0.0962. The number of furan rings is 1. The van der Waals surface area contributed by atoms with Crippen molar-refractivity contribution in [2.75, 3.05) is 19.7 Å². The first-order valence-electron chi connectivity index (χ1n) is 6.74. The molecule has 1 fully saturated rings. The number of aryl methyl sites for hydroxylation is 2. The van der Waals surface area contributed by atoms with Crippen molar-refractivity contribution in [1.82, 2.24) is 4.31 Å². The van der Waals surface area contributed by atoms with E-state index in [1.165, 1.54) is 18.2 Å². The van der Waals surface area contributed by atoms with Gasteiger partial charge >= 0.3 is 5.97 Å². The summed E-state index contributed by atoms with van der Waals surface area (Å²) in [6, 6.07) is 0. The van der Waals surface area contributed by atoms with Gasteiger partial charge in [0.2, 0.25) is 10.0 Å². The summed E-state index contributed by atoms with van der Waals surface area (Å²) in [5.74, 6) is -1.11. The fraction of sp³-hybridized carbons (Fsp3) is 0.615. The molecule has 0 aromatic carbocycles. The minimum atomic E-state index is -3.91. The van der Waals surface area contributed by atoms with Gasteiger partial charge in [0, 0.05) is 13.1 Å². The summed E-state index contributed by atoms with van der Waals surface area (Å²) in [4.78, 5) is 11.1. The van der Waals surface area contributed by atoms with Gasteiger partial charge in [-0.3, -0.25) is 0 Å². The van der Waals surface area contributed by atoms with E-state index in [0.717, 1.165) is 0 Å². The highest BCUT2D eigenvalue weighted by molar-refractivity contribution is 7.89. The molecule has 2 rings (SSSR count). The van der Waals surface area contributed by atoms with E-state index in [0.29, 0.717) is 13.0 Å². The van der Waals surface area contributed by atoms with Crippen molar-refractivity contribution in [3.05, 3.63) is 17.1 Å². The number of carboxylic acid groups (broad SMARTS) is 1. The second kappa shape index (κ2) is 5.78. The maximum atomic E-state index is 12.8. The first kappa shape index (κ1) is 16.0. The zero-order valence-electron chi connectivity index (χ0n) is 12.2. The van der Waals surface area contributed by atoms with Gasteiger partial charge in [-0.2, -0.15) is 4.31 Å². The lowest BCUT2D eigenvalue weighted by Crippen LogP contribution is -2.45.